The lowest BCUT2D eigenvalue weighted by Gasteiger charge is -2.10. The summed E-state index contributed by atoms with van der Waals surface area (Å²) in [7, 11) is 0. The van der Waals surface area contributed by atoms with Crippen molar-refractivity contribution in [1.29, 1.82) is 0 Å². The van der Waals surface area contributed by atoms with Crippen LogP contribution >= 0.6 is 0 Å². The molecule has 1 aromatic carbocycles. The quantitative estimate of drug-likeness (QED) is 0.503. The van der Waals surface area contributed by atoms with Gasteiger partial charge in [-0.3, -0.25) is 4.79 Å². The van der Waals surface area contributed by atoms with Crippen LogP contribution in [0.15, 0.2) is 36.4 Å². The van der Waals surface area contributed by atoms with Crippen LogP contribution in [0, 0.1) is 0 Å². The Labute approximate surface area is 103 Å². The lowest BCUT2D eigenvalue weighted by atomic mass is 10.1. The maximum Gasteiger partial charge on any atom is 0.293 e. The van der Waals surface area contributed by atoms with Crippen molar-refractivity contribution in [3.05, 3.63) is 42.0 Å². The number of carbonyl (C=O) groups excluding carboxylic acids is 1. The van der Waals surface area contributed by atoms with Crippen LogP contribution in [0.2, 0.25) is 0 Å². The molecule has 0 heterocycles. The predicted molar refractivity (Wildman–Crippen MR) is 70.6 cm³/mol. The number of carbonyl (C=O) groups is 1. The molecule has 0 fully saturated rings. The van der Waals surface area contributed by atoms with Crippen molar-refractivity contribution < 1.29 is 9.53 Å². The second-order valence-electron chi connectivity index (χ2n) is 4.04. The fraction of sp³-hybridized carbons (Fsp3) is 0.400. The topological polar surface area (TPSA) is 26.3 Å². The highest BCUT2D eigenvalue weighted by Gasteiger charge is 2.03. The Morgan fingerprint density at radius 2 is 2.00 bits per heavy atom. The van der Waals surface area contributed by atoms with Crippen LogP contribution in [0.4, 0.5) is 0 Å². The van der Waals surface area contributed by atoms with E-state index in [0.29, 0.717) is 6.47 Å². The van der Waals surface area contributed by atoms with Gasteiger partial charge in [-0.05, 0) is 24.5 Å². The first-order chi connectivity index (χ1) is 8.36. The zero-order valence-corrected chi connectivity index (χ0v) is 10.3. The van der Waals surface area contributed by atoms with E-state index >= 15 is 0 Å². The Balaban J connectivity index is 2.47. The van der Waals surface area contributed by atoms with Crippen LogP contribution in [0.5, 0.6) is 0 Å². The molecule has 1 rings (SSSR count). The van der Waals surface area contributed by atoms with Crippen molar-refractivity contribution in [3.8, 4) is 0 Å². The molecule has 0 amide bonds. The first kappa shape index (κ1) is 13.5. The minimum atomic E-state index is -0.0979. The number of hydrogen-bond acceptors (Lipinski definition) is 2. The summed E-state index contributed by atoms with van der Waals surface area (Å²) in [5, 5.41) is 0. The number of benzene rings is 1. The minimum Gasteiger partial charge on any atom is -0.460 e. The van der Waals surface area contributed by atoms with Crippen LogP contribution in [0.3, 0.4) is 0 Å². The van der Waals surface area contributed by atoms with Crippen LogP contribution in [0.1, 0.15) is 38.2 Å². The summed E-state index contributed by atoms with van der Waals surface area (Å²) in [4.78, 5) is 10.4. The van der Waals surface area contributed by atoms with E-state index in [1.165, 1.54) is 12.8 Å². The second kappa shape index (κ2) is 8.57. The first-order valence-corrected chi connectivity index (χ1v) is 6.19. The average Bonchev–Trinajstić information content (AvgIpc) is 2.37. The van der Waals surface area contributed by atoms with Crippen LogP contribution in [-0.4, -0.2) is 12.6 Å². The third-order valence-electron chi connectivity index (χ3n) is 2.63. The van der Waals surface area contributed by atoms with Gasteiger partial charge in [0.2, 0.25) is 0 Å². The van der Waals surface area contributed by atoms with Crippen LogP contribution in [-0.2, 0) is 9.53 Å². The fourth-order valence-corrected chi connectivity index (χ4v) is 1.66. The van der Waals surface area contributed by atoms with Gasteiger partial charge in [-0.2, -0.15) is 0 Å². The van der Waals surface area contributed by atoms with Gasteiger partial charge in [0.15, 0.2) is 0 Å². The molecule has 2 nitrogen and oxygen atoms in total. The molecule has 0 unspecified atom stereocenters. The van der Waals surface area contributed by atoms with E-state index in [-0.39, 0.29) is 6.10 Å². The molecule has 2 heteroatoms. The number of unbranched alkanes of at least 4 members (excludes halogenated alkanes) is 2. The van der Waals surface area contributed by atoms with E-state index in [1.54, 1.807) is 0 Å². The Hall–Kier alpha value is -1.57. The van der Waals surface area contributed by atoms with E-state index in [9.17, 15) is 4.79 Å². The molecule has 0 radical (unpaired) electrons. The maximum absolute atomic E-state index is 10.4. The fourth-order valence-electron chi connectivity index (χ4n) is 1.66. The van der Waals surface area contributed by atoms with Gasteiger partial charge in [0.1, 0.15) is 6.10 Å². The highest BCUT2D eigenvalue weighted by Crippen LogP contribution is 2.10. The highest BCUT2D eigenvalue weighted by molar-refractivity contribution is 5.50. The highest BCUT2D eigenvalue weighted by atomic mass is 16.5. The average molecular weight is 232 g/mol. The Kier molecular flexibility index (Phi) is 6.80. The van der Waals surface area contributed by atoms with Gasteiger partial charge < -0.3 is 4.74 Å². The normalized spacial score (nSPS) is 12.5. The Morgan fingerprint density at radius 1 is 1.24 bits per heavy atom. The lowest BCUT2D eigenvalue weighted by molar-refractivity contribution is -0.131. The van der Waals surface area contributed by atoms with E-state index in [0.717, 1.165) is 18.4 Å². The molecule has 0 aromatic heterocycles. The van der Waals surface area contributed by atoms with Crippen molar-refractivity contribution in [2.75, 3.05) is 0 Å². The van der Waals surface area contributed by atoms with Gasteiger partial charge in [-0.1, -0.05) is 56.2 Å². The summed E-state index contributed by atoms with van der Waals surface area (Å²) in [6.07, 6.45) is 8.21. The Bertz CT molecular complexity index is 330. The maximum atomic E-state index is 10.4. The molecule has 1 aromatic rings. The standard InChI is InChI=1S/C15H20O2/c1-2-3-5-10-15(17-13-16)12-11-14-8-6-4-7-9-14/h4,6-9,11-13,15H,2-3,5,10H2,1H3/b12-11-/t15-/m1/s1. The first-order valence-electron chi connectivity index (χ1n) is 6.19. The summed E-state index contributed by atoms with van der Waals surface area (Å²) in [6.45, 7) is 2.70. The van der Waals surface area contributed by atoms with Crippen molar-refractivity contribution in [2.45, 2.75) is 38.7 Å². The SMILES string of the molecule is CCCCC[C@H](/C=C\c1ccccc1)OC=O. The van der Waals surface area contributed by atoms with Gasteiger partial charge in [-0.25, -0.2) is 0 Å². The molecule has 0 aliphatic rings. The third kappa shape index (κ3) is 5.91. The summed E-state index contributed by atoms with van der Waals surface area (Å²) in [6, 6.07) is 10.0. The van der Waals surface area contributed by atoms with E-state index in [1.807, 2.05) is 42.5 Å². The van der Waals surface area contributed by atoms with Crippen LogP contribution in [0.25, 0.3) is 6.08 Å². The van der Waals surface area contributed by atoms with Gasteiger partial charge in [0.05, 0.1) is 0 Å². The zero-order chi connectivity index (χ0) is 12.3. The predicted octanol–water partition coefficient (Wildman–Crippen LogP) is 3.82. The molecule has 0 N–H and O–H groups in total. The number of rotatable bonds is 8. The molecule has 0 spiro atoms. The molecule has 0 aliphatic carbocycles. The van der Waals surface area contributed by atoms with Gasteiger partial charge >= 0.3 is 0 Å². The molecular weight excluding hydrogens is 212 g/mol. The van der Waals surface area contributed by atoms with Crippen molar-refractivity contribution in [1.82, 2.24) is 0 Å². The lowest BCUT2D eigenvalue weighted by Crippen LogP contribution is -2.08. The number of ether oxygens (including phenoxy) is 1. The van der Waals surface area contributed by atoms with Crippen molar-refractivity contribution in [2.24, 2.45) is 0 Å². The van der Waals surface area contributed by atoms with Gasteiger partial charge in [-0.15, -0.1) is 0 Å². The molecule has 92 valence electrons. The van der Waals surface area contributed by atoms with Crippen molar-refractivity contribution in [3.63, 3.8) is 0 Å². The number of hydrogen-bond donors (Lipinski definition) is 0. The summed E-state index contributed by atoms with van der Waals surface area (Å²) < 4.78 is 5.04. The molecule has 0 saturated heterocycles. The van der Waals surface area contributed by atoms with Gasteiger partial charge in [0.25, 0.3) is 6.47 Å². The van der Waals surface area contributed by atoms with E-state index in [2.05, 4.69) is 6.92 Å². The molecular formula is C15H20O2. The minimum absolute atomic E-state index is 0.0979. The summed E-state index contributed by atoms with van der Waals surface area (Å²) >= 11 is 0. The van der Waals surface area contributed by atoms with Crippen LogP contribution < -0.4 is 0 Å². The summed E-state index contributed by atoms with van der Waals surface area (Å²) in [5.41, 5.74) is 1.13. The smallest absolute Gasteiger partial charge is 0.293 e. The zero-order valence-electron chi connectivity index (χ0n) is 10.3. The van der Waals surface area contributed by atoms with E-state index in [4.69, 9.17) is 4.74 Å². The largest absolute Gasteiger partial charge is 0.460 e. The molecule has 0 bridgehead atoms. The molecule has 0 saturated carbocycles. The van der Waals surface area contributed by atoms with E-state index < -0.39 is 0 Å². The third-order valence-corrected chi connectivity index (χ3v) is 2.63. The molecule has 0 aliphatic heterocycles. The van der Waals surface area contributed by atoms with Gasteiger partial charge in [0, 0.05) is 0 Å². The van der Waals surface area contributed by atoms with Crippen molar-refractivity contribution >= 4 is 12.5 Å². The monoisotopic (exact) mass is 232 g/mol. The molecule has 1 atom stereocenters. The Morgan fingerprint density at radius 3 is 2.65 bits per heavy atom. The molecule has 17 heavy (non-hydrogen) atoms. The summed E-state index contributed by atoms with van der Waals surface area (Å²) in [5.74, 6) is 0. The second-order valence-corrected chi connectivity index (χ2v) is 4.04.